The molecule has 5 rings (SSSR count). The van der Waals surface area contributed by atoms with Crippen molar-refractivity contribution in [3.8, 4) is 33.6 Å². The van der Waals surface area contributed by atoms with Crippen LogP contribution in [0.1, 0.15) is 11.1 Å². The van der Waals surface area contributed by atoms with Gasteiger partial charge in [-0.05, 0) is 45.8 Å². The molecular weight excluding hydrogens is 695 g/mol. The average molecular weight is 713 g/mol. The fourth-order valence-electron chi connectivity index (χ4n) is 3.57. The Hall–Kier alpha value is -3.81. The minimum Gasteiger partial charge on any atom is -0.305 e. The molecule has 39 heavy (non-hydrogen) atoms. The van der Waals surface area contributed by atoms with E-state index in [2.05, 4.69) is 40.3 Å². The minimum absolute atomic E-state index is 0. The molecule has 1 radical (unpaired) electrons. The summed E-state index contributed by atoms with van der Waals surface area (Å²) in [5.41, 5.74) is 0.828. The van der Waals surface area contributed by atoms with E-state index in [-0.39, 0.29) is 31.4 Å². The minimum atomic E-state index is -5.11. The Labute approximate surface area is 234 Å². The number of aromatic nitrogens is 2. The first kappa shape index (κ1) is 29.7. The van der Waals surface area contributed by atoms with E-state index in [1.807, 2.05) is 54.7 Å². The summed E-state index contributed by atoms with van der Waals surface area (Å²) in [6, 6.07) is 32.9. The SMILES string of the molecule is FC(F)(F)c1c[c-]c(-c2ccccn2)cc1C(F)(F)F.[Ir].[c-]1ccccc1-c1cc(-c2ccccc2)ccn1. The van der Waals surface area contributed by atoms with Crippen LogP contribution >= 0.6 is 0 Å². The zero-order chi connectivity index (χ0) is 27.2. The summed E-state index contributed by atoms with van der Waals surface area (Å²) in [5, 5.41) is 0. The Kier molecular flexibility index (Phi) is 9.78. The predicted molar refractivity (Wildman–Crippen MR) is 132 cm³/mol. The van der Waals surface area contributed by atoms with Crippen LogP contribution in [0.4, 0.5) is 26.3 Å². The number of benzene rings is 3. The van der Waals surface area contributed by atoms with Gasteiger partial charge in [0.05, 0.1) is 0 Å². The summed E-state index contributed by atoms with van der Waals surface area (Å²) in [7, 11) is 0. The van der Waals surface area contributed by atoms with E-state index < -0.39 is 23.5 Å². The molecule has 0 atom stereocenters. The van der Waals surface area contributed by atoms with Gasteiger partial charge in [0.25, 0.3) is 0 Å². The molecule has 3 aromatic carbocycles. The summed E-state index contributed by atoms with van der Waals surface area (Å²) in [6.07, 6.45) is -7.03. The number of halogens is 6. The summed E-state index contributed by atoms with van der Waals surface area (Å²) in [4.78, 5) is 8.19. The van der Waals surface area contributed by atoms with Crippen molar-refractivity contribution >= 4 is 0 Å². The molecule has 0 bridgehead atoms. The van der Waals surface area contributed by atoms with Crippen molar-refractivity contribution in [2.75, 3.05) is 0 Å². The van der Waals surface area contributed by atoms with E-state index in [0.717, 1.165) is 11.3 Å². The fraction of sp³-hybridized carbons (Fsp3) is 0.0667. The second kappa shape index (κ2) is 12.8. The zero-order valence-electron chi connectivity index (χ0n) is 19.9. The van der Waals surface area contributed by atoms with Gasteiger partial charge in [-0.25, -0.2) is 0 Å². The third-order valence-corrected chi connectivity index (χ3v) is 5.35. The van der Waals surface area contributed by atoms with Gasteiger partial charge < -0.3 is 9.97 Å². The maximum Gasteiger partial charge on any atom is 0.400 e. The molecule has 0 aliphatic heterocycles. The molecule has 0 saturated carbocycles. The van der Waals surface area contributed by atoms with Crippen molar-refractivity contribution in [1.29, 1.82) is 0 Å². The second-order valence-electron chi connectivity index (χ2n) is 7.96. The number of rotatable bonds is 3. The van der Waals surface area contributed by atoms with Gasteiger partial charge in [0.15, 0.2) is 0 Å². The van der Waals surface area contributed by atoms with E-state index in [1.54, 1.807) is 0 Å². The van der Waals surface area contributed by atoms with Crippen LogP contribution in [-0.4, -0.2) is 9.97 Å². The van der Waals surface area contributed by atoms with Gasteiger partial charge in [-0.2, -0.15) is 26.3 Å². The molecule has 0 saturated heterocycles. The third kappa shape index (κ3) is 7.85. The van der Waals surface area contributed by atoms with Crippen LogP contribution in [0.5, 0.6) is 0 Å². The van der Waals surface area contributed by atoms with Crippen molar-refractivity contribution in [1.82, 2.24) is 9.97 Å². The summed E-state index contributed by atoms with van der Waals surface area (Å²) >= 11 is 0. The molecule has 0 aliphatic carbocycles. The molecule has 201 valence electrons. The first-order valence-electron chi connectivity index (χ1n) is 11.2. The zero-order valence-corrected chi connectivity index (χ0v) is 22.3. The summed E-state index contributed by atoms with van der Waals surface area (Å²) in [5.74, 6) is 0. The number of pyridine rings is 2. The summed E-state index contributed by atoms with van der Waals surface area (Å²) < 4.78 is 76.0. The molecule has 0 fully saturated rings. The van der Waals surface area contributed by atoms with Crippen molar-refractivity contribution in [3.05, 3.63) is 133 Å². The van der Waals surface area contributed by atoms with Crippen molar-refractivity contribution < 1.29 is 46.4 Å². The van der Waals surface area contributed by atoms with E-state index >= 15 is 0 Å². The molecule has 2 aromatic heterocycles. The molecular formula is C30H18F6IrN2-2. The van der Waals surface area contributed by atoms with Crippen LogP contribution in [0.3, 0.4) is 0 Å². The van der Waals surface area contributed by atoms with Gasteiger partial charge in [0.1, 0.15) is 0 Å². The van der Waals surface area contributed by atoms with Crippen LogP contribution in [0.2, 0.25) is 0 Å². The van der Waals surface area contributed by atoms with Gasteiger partial charge in [-0.1, -0.05) is 48.5 Å². The molecule has 0 spiro atoms. The van der Waals surface area contributed by atoms with E-state index in [1.165, 1.54) is 35.5 Å². The number of hydrogen-bond acceptors (Lipinski definition) is 2. The van der Waals surface area contributed by atoms with Crippen LogP contribution in [0.25, 0.3) is 33.6 Å². The smallest absolute Gasteiger partial charge is 0.305 e. The number of nitrogens with zero attached hydrogens (tertiary/aromatic N) is 2. The van der Waals surface area contributed by atoms with E-state index in [4.69, 9.17) is 0 Å². The Bertz CT molecular complexity index is 1420. The molecule has 0 N–H and O–H groups in total. The Morgan fingerprint density at radius 3 is 1.82 bits per heavy atom. The van der Waals surface area contributed by atoms with Gasteiger partial charge >= 0.3 is 12.4 Å². The number of alkyl halides is 6. The van der Waals surface area contributed by atoms with Crippen LogP contribution in [0.15, 0.2) is 109 Å². The average Bonchev–Trinajstić information content (AvgIpc) is 2.94. The van der Waals surface area contributed by atoms with Crippen molar-refractivity contribution in [2.45, 2.75) is 12.4 Å². The largest absolute Gasteiger partial charge is 0.400 e. The third-order valence-electron chi connectivity index (χ3n) is 5.35. The van der Waals surface area contributed by atoms with E-state index in [9.17, 15) is 26.3 Å². The first-order chi connectivity index (χ1) is 18.1. The first-order valence-corrected chi connectivity index (χ1v) is 11.2. The summed E-state index contributed by atoms with van der Waals surface area (Å²) in [6.45, 7) is 0. The van der Waals surface area contributed by atoms with E-state index in [0.29, 0.717) is 12.1 Å². The molecule has 0 aliphatic rings. The maximum atomic E-state index is 12.7. The predicted octanol–water partition coefficient (Wildman–Crippen LogP) is 8.80. The second-order valence-corrected chi connectivity index (χ2v) is 7.96. The van der Waals surface area contributed by atoms with Crippen LogP contribution in [0, 0.1) is 12.1 Å². The maximum absolute atomic E-state index is 12.7. The van der Waals surface area contributed by atoms with Crippen molar-refractivity contribution in [3.63, 3.8) is 0 Å². The Morgan fingerprint density at radius 1 is 0.538 bits per heavy atom. The monoisotopic (exact) mass is 713 g/mol. The molecule has 0 amide bonds. The molecule has 2 heterocycles. The van der Waals surface area contributed by atoms with Gasteiger partial charge in [0, 0.05) is 32.5 Å². The van der Waals surface area contributed by atoms with Gasteiger partial charge in [-0.15, -0.1) is 59.7 Å². The quantitative estimate of drug-likeness (QED) is 0.138. The number of hydrogen-bond donors (Lipinski definition) is 0. The standard InChI is InChI=1S/C17H12N.C13H6F6N.Ir/c1-3-7-14(8-4-1)16-11-12-18-17(13-16)15-9-5-2-6-10-15;14-12(15,16)9-5-4-8(7-10(9)13(17,18)19)11-3-1-2-6-20-11;/h1-9,11-13H;1-3,5-7H;/q2*-1;. The van der Waals surface area contributed by atoms with Crippen LogP contribution < -0.4 is 0 Å². The molecule has 2 nitrogen and oxygen atoms in total. The van der Waals surface area contributed by atoms with Crippen LogP contribution in [-0.2, 0) is 32.5 Å². The van der Waals surface area contributed by atoms with Gasteiger partial charge in [-0.3, -0.25) is 0 Å². The topological polar surface area (TPSA) is 25.8 Å². The Balaban J connectivity index is 0.000000211. The molecule has 5 aromatic rings. The Morgan fingerprint density at radius 2 is 1.21 bits per heavy atom. The molecule has 9 heteroatoms. The van der Waals surface area contributed by atoms with Gasteiger partial charge in [0.2, 0.25) is 0 Å². The normalized spacial score (nSPS) is 11.1. The fourth-order valence-corrected chi connectivity index (χ4v) is 3.57. The molecule has 0 unspecified atom stereocenters. The van der Waals surface area contributed by atoms with Crippen molar-refractivity contribution in [2.24, 2.45) is 0 Å².